The van der Waals surface area contributed by atoms with Crippen molar-refractivity contribution >= 4 is 17.8 Å². The number of benzene rings is 1. The van der Waals surface area contributed by atoms with E-state index in [1.807, 2.05) is 0 Å². The third-order valence-corrected chi connectivity index (χ3v) is 3.17. The molecular formula is C15H23NS. The van der Waals surface area contributed by atoms with Crippen molar-refractivity contribution in [3.63, 3.8) is 0 Å². The molecule has 0 bridgehead atoms. The largest absolute Gasteiger partial charge is 0.308 e. The van der Waals surface area contributed by atoms with Crippen molar-refractivity contribution in [1.29, 1.82) is 0 Å². The Labute approximate surface area is 110 Å². The van der Waals surface area contributed by atoms with Gasteiger partial charge < -0.3 is 5.32 Å². The fourth-order valence-electron chi connectivity index (χ4n) is 1.44. The standard InChI is InChI=1S/C15H23NS/c1-12(11-16-15(2,3)4)10-13-6-8-14(17-5)9-7-13/h6-10,16H,11H2,1-5H3. The molecule has 0 radical (unpaired) electrons. The summed E-state index contributed by atoms with van der Waals surface area (Å²) in [6, 6.07) is 8.68. The van der Waals surface area contributed by atoms with Gasteiger partial charge in [0.05, 0.1) is 0 Å². The highest BCUT2D eigenvalue weighted by molar-refractivity contribution is 7.98. The van der Waals surface area contributed by atoms with Crippen LogP contribution in [0.4, 0.5) is 0 Å². The van der Waals surface area contributed by atoms with Crippen molar-refractivity contribution in [3.05, 3.63) is 35.4 Å². The lowest BCUT2D eigenvalue weighted by atomic mass is 10.1. The highest BCUT2D eigenvalue weighted by Crippen LogP contribution is 2.16. The summed E-state index contributed by atoms with van der Waals surface area (Å²) in [4.78, 5) is 1.31. The van der Waals surface area contributed by atoms with Crippen molar-refractivity contribution in [1.82, 2.24) is 5.32 Å². The molecule has 0 atom stereocenters. The van der Waals surface area contributed by atoms with Crippen LogP contribution in [-0.2, 0) is 0 Å². The Morgan fingerprint density at radius 2 is 1.82 bits per heavy atom. The van der Waals surface area contributed by atoms with Gasteiger partial charge in [-0.2, -0.15) is 0 Å². The van der Waals surface area contributed by atoms with E-state index in [4.69, 9.17) is 0 Å². The van der Waals surface area contributed by atoms with Crippen molar-refractivity contribution in [2.75, 3.05) is 12.8 Å². The van der Waals surface area contributed by atoms with Gasteiger partial charge in [0.25, 0.3) is 0 Å². The average Bonchev–Trinajstić information content (AvgIpc) is 2.27. The lowest BCUT2D eigenvalue weighted by Crippen LogP contribution is -2.36. The highest BCUT2D eigenvalue weighted by atomic mass is 32.2. The van der Waals surface area contributed by atoms with Crippen LogP contribution in [0, 0.1) is 0 Å². The third kappa shape index (κ3) is 5.94. The number of nitrogens with one attached hydrogen (secondary N) is 1. The molecule has 1 aromatic carbocycles. The smallest absolute Gasteiger partial charge is 0.0170 e. The van der Waals surface area contributed by atoms with E-state index in [1.54, 1.807) is 11.8 Å². The van der Waals surface area contributed by atoms with Crippen LogP contribution in [0.15, 0.2) is 34.7 Å². The molecule has 1 nitrogen and oxygen atoms in total. The Morgan fingerprint density at radius 1 is 1.24 bits per heavy atom. The zero-order valence-electron chi connectivity index (χ0n) is 11.5. The maximum Gasteiger partial charge on any atom is 0.0170 e. The highest BCUT2D eigenvalue weighted by Gasteiger charge is 2.07. The Bertz CT molecular complexity index is 371. The molecule has 0 aliphatic rings. The first kappa shape index (κ1) is 14.3. The topological polar surface area (TPSA) is 12.0 Å². The number of hydrogen-bond acceptors (Lipinski definition) is 2. The van der Waals surface area contributed by atoms with E-state index in [9.17, 15) is 0 Å². The van der Waals surface area contributed by atoms with E-state index in [0.717, 1.165) is 6.54 Å². The van der Waals surface area contributed by atoms with Crippen LogP contribution in [0.25, 0.3) is 6.08 Å². The molecule has 0 heterocycles. The van der Waals surface area contributed by atoms with Gasteiger partial charge in [0.15, 0.2) is 0 Å². The van der Waals surface area contributed by atoms with Crippen LogP contribution in [-0.4, -0.2) is 18.3 Å². The number of rotatable bonds is 4. The number of hydrogen-bond donors (Lipinski definition) is 1. The summed E-state index contributed by atoms with van der Waals surface area (Å²) in [7, 11) is 0. The second-order valence-electron chi connectivity index (χ2n) is 5.37. The van der Waals surface area contributed by atoms with E-state index in [1.165, 1.54) is 16.0 Å². The summed E-state index contributed by atoms with van der Waals surface area (Å²) < 4.78 is 0. The molecule has 0 saturated heterocycles. The molecule has 0 fully saturated rings. The third-order valence-electron chi connectivity index (χ3n) is 2.43. The molecule has 0 aromatic heterocycles. The van der Waals surface area contributed by atoms with Gasteiger partial charge >= 0.3 is 0 Å². The van der Waals surface area contributed by atoms with Gasteiger partial charge in [-0.1, -0.05) is 23.8 Å². The molecule has 0 saturated carbocycles. The summed E-state index contributed by atoms with van der Waals surface area (Å²) in [6.07, 6.45) is 4.34. The average molecular weight is 249 g/mol. The Morgan fingerprint density at radius 3 is 2.29 bits per heavy atom. The van der Waals surface area contributed by atoms with Crippen molar-refractivity contribution in [2.45, 2.75) is 38.1 Å². The van der Waals surface area contributed by atoms with Gasteiger partial charge in [-0.25, -0.2) is 0 Å². The van der Waals surface area contributed by atoms with Crippen LogP contribution in [0.2, 0.25) is 0 Å². The van der Waals surface area contributed by atoms with E-state index >= 15 is 0 Å². The monoisotopic (exact) mass is 249 g/mol. The lowest BCUT2D eigenvalue weighted by Gasteiger charge is -2.20. The minimum atomic E-state index is 0.178. The van der Waals surface area contributed by atoms with Gasteiger partial charge in [-0.3, -0.25) is 0 Å². The Balaban J connectivity index is 2.61. The fraction of sp³-hybridized carbons (Fsp3) is 0.467. The molecule has 0 aliphatic carbocycles. The van der Waals surface area contributed by atoms with Gasteiger partial charge in [-0.05, 0) is 51.6 Å². The Hall–Kier alpha value is -0.730. The molecule has 0 spiro atoms. The molecule has 17 heavy (non-hydrogen) atoms. The Kier molecular flexibility index (Phi) is 5.29. The molecule has 0 aliphatic heterocycles. The molecule has 1 N–H and O–H groups in total. The lowest BCUT2D eigenvalue weighted by molar-refractivity contribution is 0.445. The minimum Gasteiger partial charge on any atom is -0.308 e. The van der Waals surface area contributed by atoms with Crippen LogP contribution in [0.3, 0.4) is 0 Å². The first-order chi connectivity index (χ1) is 7.90. The molecule has 94 valence electrons. The summed E-state index contributed by atoms with van der Waals surface area (Å²) in [5.74, 6) is 0. The van der Waals surface area contributed by atoms with Gasteiger partial charge in [-0.15, -0.1) is 11.8 Å². The molecule has 0 unspecified atom stereocenters. The molecule has 1 aromatic rings. The first-order valence-electron chi connectivity index (χ1n) is 5.97. The van der Waals surface area contributed by atoms with Crippen LogP contribution >= 0.6 is 11.8 Å². The molecular weight excluding hydrogens is 226 g/mol. The zero-order valence-corrected chi connectivity index (χ0v) is 12.3. The molecule has 1 rings (SSSR count). The van der Waals surface area contributed by atoms with Gasteiger partial charge in [0, 0.05) is 17.0 Å². The number of thioether (sulfide) groups is 1. The summed E-state index contributed by atoms with van der Waals surface area (Å²) in [5, 5.41) is 3.49. The minimum absolute atomic E-state index is 0.178. The quantitative estimate of drug-likeness (QED) is 0.803. The second-order valence-corrected chi connectivity index (χ2v) is 6.25. The van der Waals surface area contributed by atoms with Crippen LogP contribution in [0.1, 0.15) is 33.3 Å². The SMILES string of the molecule is CSc1ccc(C=C(C)CNC(C)(C)C)cc1. The summed E-state index contributed by atoms with van der Waals surface area (Å²) in [6.45, 7) is 9.67. The normalized spacial score (nSPS) is 12.9. The van der Waals surface area contributed by atoms with Crippen LogP contribution < -0.4 is 5.32 Å². The maximum atomic E-state index is 3.49. The predicted octanol–water partition coefficient (Wildman–Crippen LogP) is 4.20. The van der Waals surface area contributed by atoms with Crippen molar-refractivity contribution < 1.29 is 0 Å². The molecule has 2 heteroatoms. The van der Waals surface area contributed by atoms with E-state index in [-0.39, 0.29) is 5.54 Å². The predicted molar refractivity (Wildman–Crippen MR) is 79.6 cm³/mol. The van der Waals surface area contributed by atoms with Crippen molar-refractivity contribution in [3.8, 4) is 0 Å². The van der Waals surface area contributed by atoms with Crippen LogP contribution in [0.5, 0.6) is 0 Å². The van der Waals surface area contributed by atoms with E-state index in [2.05, 4.69) is 69.6 Å². The first-order valence-corrected chi connectivity index (χ1v) is 7.19. The van der Waals surface area contributed by atoms with E-state index in [0.29, 0.717) is 0 Å². The fourth-order valence-corrected chi connectivity index (χ4v) is 1.85. The zero-order chi connectivity index (χ0) is 12.9. The van der Waals surface area contributed by atoms with Crippen molar-refractivity contribution in [2.24, 2.45) is 0 Å². The summed E-state index contributed by atoms with van der Waals surface area (Å²) in [5.41, 5.74) is 2.81. The van der Waals surface area contributed by atoms with Gasteiger partial charge in [0.1, 0.15) is 0 Å². The maximum absolute atomic E-state index is 3.49. The van der Waals surface area contributed by atoms with E-state index < -0.39 is 0 Å². The molecule has 0 amide bonds. The summed E-state index contributed by atoms with van der Waals surface area (Å²) >= 11 is 1.78. The van der Waals surface area contributed by atoms with Gasteiger partial charge in [0.2, 0.25) is 0 Å². The second kappa shape index (κ2) is 6.27.